The minimum atomic E-state index is -0.434. The molecule has 144 valence electrons. The molecule has 0 bridgehead atoms. The highest BCUT2D eigenvalue weighted by Gasteiger charge is 2.27. The first-order chi connectivity index (χ1) is 13.2. The van der Waals surface area contributed by atoms with Gasteiger partial charge in [-0.1, -0.05) is 74.5 Å². The van der Waals surface area contributed by atoms with Crippen LogP contribution in [0.1, 0.15) is 37.8 Å². The number of nitrogens with one attached hydrogen (secondary N) is 1. The molecule has 2 amide bonds. The van der Waals surface area contributed by atoms with E-state index < -0.39 is 6.04 Å². The number of amides is 2. The van der Waals surface area contributed by atoms with Crippen LogP contribution in [0.5, 0.6) is 0 Å². The van der Waals surface area contributed by atoms with Crippen molar-refractivity contribution in [1.29, 1.82) is 0 Å². The molecular formula is C23H30N2O2. The largest absolute Gasteiger partial charge is 0.354 e. The highest BCUT2D eigenvalue weighted by Crippen LogP contribution is 2.12. The lowest BCUT2D eigenvalue weighted by atomic mass is 10.1. The molecule has 0 heterocycles. The summed E-state index contributed by atoms with van der Waals surface area (Å²) in [6.07, 6.45) is 2.53. The van der Waals surface area contributed by atoms with Crippen LogP contribution in [0.3, 0.4) is 0 Å². The van der Waals surface area contributed by atoms with Gasteiger partial charge in [0.05, 0.1) is 6.42 Å². The topological polar surface area (TPSA) is 49.4 Å². The fourth-order valence-electron chi connectivity index (χ4n) is 3.13. The second-order valence-corrected chi connectivity index (χ2v) is 6.70. The van der Waals surface area contributed by atoms with Gasteiger partial charge in [-0.05, 0) is 30.4 Å². The minimum Gasteiger partial charge on any atom is -0.354 e. The number of hydrogen-bond acceptors (Lipinski definition) is 2. The first-order valence-corrected chi connectivity index (χ1v) is 9.80. The third-order valence-corrected chi connectivity index (χ3v) is 4.62. The van der Waals surface area contributed by atoms with Crippen LogP contribution in [0.4, 0.5) is 0 Å². The summed E-state index contributed by atoms with van der Waals surface area (Å²) in [6.45, 7) is 5.15. The quantitative estimate of drug-likeness (QED) is 0.698. The summed E-state index contributed by atoms with van der Waals surface area (Å²) in [5.74, 6) is -0.0653. The van der Waals surface area contributed by atoms with E-state index in [1.807, 2.05) is 62.4 Å². The van der Waals surface area contributed by atoms with Gasteiger partial charge in [0, 0.05) is 13.1 Å². The molecule has 0 saturated carbocycles. The Kier molecular flexibility index (Phi) is 8.56. The third kappa shape index (κ3) is 6.55. The van der Waals surface area contributed by atoms with Gasteiger partial charge in [-0.3, -0.25) is 9.59 Å². The predicted molar refractivity (Wildman–Crippen MR) is 109 cm³/mol. The SMILES string of the molecule is CCCNC(=O)C(CC)N(CCc1ccccc1)C(=O)Cc1ccccc1. The molecule has 1 unspecified atom stereocenters. The molecule has 1 N–H and O–H groups in total. The Balaban J connectivity index is 2.14. The molecule has 0 radical (unpaired) electrons. The molecule has 2 aromatic carbocycles. The van der Waals surface area contributed by atoms with Crippen molar-refractivity contribution in [2.45, 2.75) is 45.6 Å². The smallest absolute Gasteiger partial charge is 0.242 e. The molecule has 2 rings (SSSR count). The van der Waals surface area contributed by atoms with Crippen molar-refractivity contribution < 1.29 is 9.59 Å². The second-order valence-electron chi connectivity index (χ2n) is 6.70. The molecule has 4 heteroatoms. The van der Waals surface area contributed by atoms with Crippen LogP contribution >= 0.6 is 0 Å². The lowest BCUT2D eigenvalue weighted by Crippen LogP contribution is -2.50. The fourth-order valence-corrected chi connectivity index (χ4v) is 3.13. The average molecular weight is 367 g/mol. The molecule has 0 spiro atoms. The van der Waals surface area contributed by atoms with Crippen molar-refractivity contribution in [1.82, 2.24) is 10.2 Å². The Hall–Kier alpha value is -2.62. The zero-order valence-electron chi connectivity index (χ0n) is 16.4. The van der Waals surface area contributed by atoms with E-state index in [-0.39, 0.29) is 11.8 Å². The lowest BCUT2D eigenvalue weighted by molar-refractivity contribution is -0.140. The molecule has 0 aliphatic heterocycles. The number of carbonyl (C=O) groups is 2. The van der Waals surface area contributed by atoms with E-state index >= 15 is 0 Å². The lowest BCUT2D eigenvalue weighted by Gasteiger charge is -2.30. The van der Waals surface area contributed by atoms with Crippen molar-refractivity contribution in [3.8, 4) is 0 Å². The molecule has 0 aliphatic rings. The highest BCUT2D eigenvalue weighted by atomic mass is 16.2. The van der Waals surface area contributed by atoms with E-state index in [4.69, 9.17) is 0 Å². The number of benzene rings is 2. The molecule has 0 saturated heterocycles. The van der Waals surface area contributed by atoms with Gasteiger partial charge in [0.15, 0.2) is 0 Å². The van der Waals surface area contributed by atoms with Crippen LogP contribution in [-0.2, 0) is 22.4 Å². The van der Waals surface area contributed by atoms with Gasteiger partial charge in [-0.15, -0.1) is 0 Å². The zero-order chi connectivity index (χ0) is 19.5. The maximum atomic E-state index is 13.1. The Bertz CT molecular complexity index is 701. The van der Waals surface area contributed by atoms with Crippen molar-refractivity contribution in [3.63, 3.8) is 0 Å². The van der Waals surface area contributed by atoms with E-state index in [2.05, 4.69) is 17.4 Å². The molecule has 0 aliphatic carbocycles. The first kappa shape index (κ1) is 20.7. The first-order valence-electron chi connectivity index (χ1n) is 9.80. The van der Waals surface area contributed by atoms with E-state index in [1.165, 1.54) is 5.56 Å². The van der Waals surface area contributed by atoms with Crippen LogP contribution in [0.25, 0.3) is 0 Å². The van der Waals surface area contributed by atoms with E-state index in [9.17, 15) is 9.59 Å². The molecule has 1 atom stereocenters. The number of rotatable bonds is 10. The van der Waals surface area contributed by atoms with Crippen LogP contribution < -0.4 is 5.32 Å². The summed E-state index contributed by atoms with van der Waals surface area (Å²) in [6, 6.07) is 19.4. The van der Waals surface area contributed by atoms with E-state index in [0.717, 1.165) is 18.4 Å². The Morgan fingerprint density at radius 3 is 2.07 bits per heavy atom. The summed E-state index contributed by atoms with van der Waals surface area (Å²) in [5.41, 5.74) is 2.13. The van der Waals surface area contributed by atoms with Crippen molar-refractivity contribution in [2.75, 3.05) is 13.1 Å². The summed E-state index contributed by atoms with van der Waals surface area (Å²) in [5, 5.41) is 2.95. The monoisotopic (exact) mass is 366 g/mol. The third-order valence-electron chi connectivity index (χ3n) is 4.62. The van der Waals surface area contributed by atoms with Crippen LogP contribution in [-0.4, -0.2) is 35.8 Å². The number of carbonyl (C=O) groups excluding carboxylic acids is 2. The van der Waals surface area contributed by atoms with Gasteiger partial charge in [0.2, 0.25) is 11.8 Å². The Labute approximate surface area is 162 Å². The maximum Gasteiger partial charge on any atom is 0.242 e. The van der Waals surface area contributed by atoms with Crippen molar-refractivity contribution in [3.05, 3.63) is 71.8 Å². The summed E-state index contributed by atoms with van der Waals surface area (Å²) in [7, 11) is 0. The average Bonchev–Trinajstić information content (AvgIpc) is 2.70. The van der Waals surface area contributed by atoms with Gasteiger partial charge in [0.25, 0.3) is 0 Å². The Morgan fingerprint density at radius 1 is 0.926 bits per heavy atom. The summed E-state index contributed by atoms with van der Waals surface area (Å²) < 4.78 is 0. The standard InChI is InChI=1S/C23H30N2O2/c1-3-16-24-23(27)21(4-2)25(17-15-19-11-7-5-8-12-19)22(26)18-20-13-9-6-10-14-20/h5-14,21H,3-4,15-18H2,1-2H3,(H,24,27). The fraction of sp³-hybridized carbons (Fsp3) is 0.391. The number of hydrogen-bond donors (Lipinski definition) is 1. The van der Waals surface area contributed by atoms with Crippen LogP contribution in [0.15, 0.2) is 60.7 Å². The summed E-state index contributed by atoms with van der Waals surface area (Å²) in [4.78, 5) is 27.5. The molecular weight excluding hydrogens is 336 g/mol. The molecule has 0 fully saturated rings. The van der Waals surface area contributed by atoms with Gasteiger partial charge in [-0.2, -0.15) is 0 Å². The number of nitrogens with zero attached hydrogens (tertiary/aromatic N) is 1. The van der Waals surface area contributed by atoms with E-state index in [0.29, 0.717) is 25.9 Å². The minimum absolute atomic E-state index is 0.00405. The van der Waals surface area contributed by atoms with Gasteiger partial charge >= 0.3 is 0 Å². The predicted octanol–water partition coefficient (Wildman–Crippen LogP) is 3.61. The molecule has 4 nitrogen and oxygen atoms in total. The normalized spacial score (nSPS) is 11.6. The van der Waals surface area contributed by atoms with Gasteiger partial charge in [0.1, 0.15) is 6.04 Å². The zero-order valence-corrected chi connectivity index (χ0v) is 16.4. The van der Waals surface area contributed by atoms with Crippen molar-refractivity contribution in [2.24, 2.45) is 0 Å². The Morgan fingerprint density at radius 2 is 1.52 bits per heavy atom. The van der Waals surface area contributed by atoms with Crippen LogP contribution in [0, 0.1) is 0 Å². The molecule has 0 aromatic heterocycles. The van der Waals surface area contributed by atoms with Crippen molar-refractivity contribution >= 4 is 11.8 Å². The van der Waals surface area contributed by atoms with Crippen LogP contribution in [0.2, 0.25) is 0 Å². The molecule has 27 heavy (non-hydrogen) atoms. The van der Waals surface area contributed by atoms with E-state index in [1.54, 1.807) is 4.90 Å². The second kappa shape index (κ2) is 11.2. The summed E-state index contributed by atoms with van der Waals surface area (Å²) >= 11 is 0. The van der Waals surface area contributed by atoms with Gasteiger partial charge in [-0.25, -0.2) is 0 Å². The molecule has 2 aromatic rings. The highest BCUT2D eigenvalue weighted by molar-refractivity contribution is 5.88. The maximum absolute atomic E-state index is 13.1. The van der Waals surface area contributed by atoms with Gasteiger partial charge < -0.3 is 10.2 Å².